The van der Waals surface area contributed by atoms with Gasteiger partial charge < -0.3 is 20.1 Å². The fourth-order valence-corrected chi connectivity index (χ4v) is 3.93. The van der Waals surface area contributed by atoms with Gasteiger partial charge in [0.1, 0.15) is 0 Å². The molecular formula is C16H20N2O2S. The summed E-state index contributed by atoms with van der Waals surface area (Å²) < 4.78 is 10.7. The van der Waals surface area contributed by atoms with Crippen LogP contribution in [0.3, 0.4) is 0 Å². The van der Waals surface area contributed by atoms with Gasteiger partial charge in [0.15, 0.2) is 11.5 Å². The molecule has 0 saturated heterocycles. The van der Waals surface area contributed by atoms with E-state index in [1.807, 2.05) is 23.5 Å². The molecule has 0 spiro atoms. The first-order valence-electron chi connectivity index (χ1n) is 7.00. The van der Waals surface area contributed by atoms with Crippen molar-refractivity contribution in [3.05, 3.63) is 34.0 Å². The topological polar surface area (TPSA) is 47.7 Å². The molecule has 3 rings (SSSR count). The molecule has 1 aliphatic heterocycles. The van der Waals surface area contributed by atoms with Crippen molar-refractivity contribution in [1.29, 1.82) is 0 Å². The largest absolute Gasteiger partial charge is 0.493 e. The van der Waals surface area contributed by atoms with Crippen LogP contribution in [0.4, 0.5) is 11.4 Å². The number of thiophene rings is 1. The third kappa shape index (κ3) is 2.31. The molecule has 21 heavy (non-hydrogen) atoms. The normalized spacial score (nSPS) is 17.5. The number of benzene rings is 1. The molecule has 1 atom stereocenters. The van der Waals surface area contributed by atoms with E-state index in [0.717, 1.165) is 24.3 Å². The first kappa shape index (κ1) is 14.1. The van der Waals surface area contributed by atoms with Crippen molar-refractivity contribution in [3.63, 3.8) is 0 Å². The molecule has 1 aromatic carbocycles. The number of methoxy groups -OCH3 is 2. The Morgan fingerprint density at radius 2 is 1.95 bits per heavy atom. The third-order valence-electron chi connectivity index (χ3n) is 4.12. The van der Waals surface area contributed by atoms with Gasteiger partial charge in [-0.2, -0.15) is 0 Å². The highest BCUT2D eigenvalue weighted by Crippen LogP contribution is 2.42. The van der Waals surface area contributed by atoms with Crippen molar-refractivity contribution in [2.24, 2.45) is 0 Å². The number of anilines is 2. The van der Waals surface area contributed by atoms with E-state index in [1.54, 1.807) is 14.2 Å². The molecule has 0 amide bonds. The van der Waals surface area contributed by atoms with Gasteiger partial charge in [0.2, 0.25) is 0 Å². The monoisotopic (exact) mass is 304 g/mol. The molecule has 1 unspecified atom stereocenters. The predicted octanol–water partition coefficient (Wildman–Crippen LogP) is 3.47. The van der Waals surface area contributed by atoms with E-state index in [0.29, 0.717) is 17.5 Å². The van der Waals surface area contributed by atoms with Gasteiger partial charge in [-0.1, -0.05) is 0 Å². The molecule has 4 nitrogen and oxygen atoms in total. The van der Waals surface area contributed by atoms with Crippen LogP contribution in [-0.2, 0) is 6.42 Å². The van der Waals surface area contributed by atoms with Gasteiger partial charge in [-0.25, -0.2) is 0 Å². The molecule has 2 N–H and O–H groups in total. The van der Waals surface area contributed by atoms with E-state index < -0.39 is 0 Å². The summed E-state index contributed by atoms with van der Waals surface area (Å²) in [6.07, 6.45) is 1.06. The summed E-state index contributed by atoms with van der Waals surface area (Å²) in [4.78, 5) is 3.82. The lowest BCUT2D eigenvalue weighted by Gasteiger charge is -2.36. The van der Waals surface area contributed by atoms with Crippen LogP contribution in [0.1, 0.15) is 23.4 Å². The van der Waals surface area contributed by atoms with Crippen LogP contribution in [0, 0.1) is 0 Å². The molecule has 2 heterocycles. The SMILES string of the molecule is COc1cc(N)c(N2CCc3sccc3C2C)cc1OC. The standard InChI is InChI=1S/C16H20N2O2S/c1-10-11-5-7-21-16(11)4-6-18(10)13-9-15(20-3)14(19-2)8-12(13)17/h5,7-10H,4,6,17H2,1-3H3. The van der Waals surface area contributed by atoms with E-state index in [9.17, 15) is 0 Å². The molecule has 0 radical (unpaired) electrons. The third-order valence-corrected chi connectivity index (χ3v) is 5.12. The van der Waals surface area contributed by atoms with Crippen molar-refractivity contribution in [1.82, 2.24) is 0 Å². The zero-order valence-electron chi connectivity index (χ0n) is 12.6. The lowest BCUT2D eigenvalue weighted by molar-refractivity contribution is 0.355. The first-order chi connectivity index (χ1) is 10.2. The highest BCUT2D eigenvalue weighted by atomic mass is 32.1. The summed E-state index contributed by atoms with van der Waals surface area (Å²) in [6, 6.07) is 6.35. The second-order valence-electron chi connectivity index (χ2n) is 5.18. The van der Waals surface area contributed by atoms with Crippen LogP contribution in [-0.4, -0.2) is 20.8 Å². The van der Waals surface area contributed by atoms with Gasteiger partial charge in [-0.3, -0.25) is 0 Å². The van der Waals surface area contributed by atoms with Crippen LogP contribution < -0.4 is 20.1 Å². The maximum absolute atomic E-state index is 6.23. The second kappa shape index (κ2) is 5.48. The minimum atomic E-state index is 0.320. The Kier molecular flexibility index (Phi) is 3.68. The Bertz CT molecular complexity index is 654. The summed E-state index contributed by atoms with van der Waals surface area (Å²) in [6.45, 7) is 3.19. The molecule has 2 aromatic rings. The van der Waals surface area contributed by atoms with E-state index in [4.69, 9.17) is 15.2 Å². The number of ether oxygens (including phenoxy) is 2. The minimum Gasteiger partial charge on any atom is -0.493 e. The molecular weight excluding hydrogens is 284 g/mol. The van der Waals surface area contributed by atoms with Crippen LogP contribution in [0.15, 0.2) is 23.6 Å². The van der Waals surface area contributed by atoms with E-state index in [-0.39, 0.29) is 0 Å². The van der Waals surface area contributed by atoms with Crippen molar-refractivity contribution in [2.45, 2.75) is 19.4 Å². The summed E-state index contributed by atoms with van der Waals surface area (Å²) in [5.74, 6) is 1.38. The number of hydrogen-bond acceptors (Lipinski definition) is 5. The van der Waals surface area contributed by atoms with Crippen LogP contribution in [0.5, 0.6) is 11.5 Å². The van der Waals surface area contributed by atoms with Gasteiger partial charge in [0, 0.05) is 23.6 Å². The van der Waals surface area contributed by atoms with Crippen molar-refractivity contribution in [3.8, 4) is 11.5 Å². The average molecular weight is 304 g/mol. The first-order valence-corrected chi connectivity index (χ1v) is 7.88. The summed E-state index contributed by atoms with van der Waals surface area (Å²) >= 11 is 1.84. The summed E-state index contributed by atoms with van der Waals surface area (Å²) in [5.41, 5.74) is 9.37. The Morgan fingerprint density at radius 1 is 1.24 bits per heavy atom. The van der Waals surface area contributed by atoms with Crippen LogP contribution in [0.2, 0.25) is 0 Å². The Balaban J connectivity index is 2.01. The van der Waals surface area contributed by atoms with Gasteiger partial charge in [-0.15, -0.1) is 11.3 Å². The zero-order valence-corrected chi connectivity index (χ0v) is 13.4. The predicted molar refractivity (Wildman–Crippen MR) is 87.7 cm³/mol. The fourth-order valence-electron chi connectivity index (χ4n) is 2.97. The number of nitrogens with zero attached hydrogens (tertiary/aromatic N) is 1. The maximum atomic E-state index is 6.23. The van der Waals surface area contributed by atoms with E-state index >= 15 is 0 Å². The quantitative estimate of drug-likeness (QED) is 0.882. The van der Waals surface area contributed by atoms with Crippen LogP contribution >= 0.6 is 11.3 Å². The second-order valence-corrected chi connectivity index (χ2v) is 6.19. The highest BCUT2D eigenvalue weighted by molar-refractivity contribution is 7.10. The molecule has 5 heteroatoms. The number of rotatable bonds is 3. The lowest BCUT2D eigenvalue weighted by Crippen LogP contribution is -2.33. The maximum Gasteiger partial charge on any atom is 0.162 e. The fraction of sp³-hybridized carbons (Fsp3) is 0.375. The van der Waals surface area contributed by atoms with Gasteiger partial charge >= 0.3 is 0 Å². The number of nitrogens with two attached hydrogens (primary N) is 1. The smallest absolute Gasteiger partial charge is 0.162 e. The summed E-state index contributed by atoms with van der Waals surface area (Å²) in [5, 5.41) is 2.17. The van der Waals surface area contributed by atoms with Gasteiger partial charge in [0.05, 0.1) is 31.6 Å². The lowest BCUT2D eigenvalue weighted by atomic mass is 10.00. The Hall–Kier alpha value is -1.88. The van der Waals surface area contributed by atoms with Gasteiger partial charge in [0.25, 0.3) is 0 Å². The van der Waals surface area contributed by atoms with E-state index in [1.165, 1.54) is 10.4 Å². The Morgan fingerprint density at radius 3 is 2.67 bits per heavy atom. The molecule has 112 valence electrons. The van der Waals surface area contributed by atoms with E-state index in [2.05, 4.69) is 23.3 Å². The molecule has 1 aromatic heterocycles. The average Bonchev–Trinajstić information content (AvgIpc) is 2.97. The Labute approximate surface area is 129 Å². The molecule has 0 fully saturated rings. The number of nitrogen functional groups attached to an aromatic ring is 1. The molecule has 0 saturated carbocycles. The molecule has 0 bridgehead atoms. The van der Waals surface area contributed by atoms with Crippen molar-refractivity contribution in [2.75, 3.05) is 31.4 Å². The van der Waals surface area contributed by atoms with Gasteiger partial charge in [-0.05, 0) is 30.4 Å². The highest BCUT2D eigenvalue weighted by Gasteiger charge is 2.27. The number of hydrogen-bond donors (Lipinski definition) is 1. The zero-order chi connectivity index (χ0) is 15.0. The minimum absolute atomic E-state index is 0.320. The van der Waals surface area contributed by atoms with Crippen molar-refractivity contribution < 1.29 is 9.47 Å². The molecule has 1 aliphatic rings. The summed E-state index contributed by atoms with van der Waals surface area (Å²) in [7, 11) is 3.27. The number of fused-ring (bicyclic) bond motifs is 1. The van der Waals surface area contributed by atoms with Crippen LogP contribution in [0.25, 0.3) is 0 Å². The van der Waals surface area contributed by atoms with Crippen molar-refractivity contribution >= 4 is 22.7 Å². The molecule has 0 aliphatic carbocycles.